The smallest absolute Gasteiger partial charge is 0.245 e. The van der Waals surface area contributed by atoms with Crippen LogP contribution in [0, 0.1) is 13.8 Å². The molecule has 1 aromatic carbocycles. The fourth-order valence-corrected chi connectivity index (χ4v) is 6.26. The number of para-hydroxylation sites is 1. The van der Waals surface area contributed by atoms with Crippen molar-refractivity contribution in [2.24, 2.45) is 7.05 Å². The van der Waals surface area contributed by atoms with Crippen LogP contribution in [0.1, 0.15) is 42.5 Å². The monoisotopic (exact) mass is 485 g/mol. The van der Waals surface area contributed by atoms with Gasteiger partial charge >= 0.3 is 0 Å². The molecule has 0 saturated carbocycles. The lowest BCUT2D eigenvalue weighted by Crippen LogP contribution is -2.36. The summed E-state index contributed by atoms with van der Waals surface area (Å²) < 4.78 is 35.0. The van der Waals surface area contributed by atoms with E-state index in [1.54, 1.807) is 36.1 Å². The molecule has 10 heteroatoms. The molecule has 1 aliphatic rings. The molecule has 9 nitrogen and oxygen atoms in total. The Kier molecular flexibility index (Phi) is 6.90. The van der Waals surface area contributed by atoms with Crippen LogP contribution in [-0.2, 0) is 28.3 Å². The third-order valence-electron chi connectivity index (χ3n) is 6.41. The Balaban J connectivity index is 1.53. The van der Waals surface area contributed by atoms with Gasteiger partial charge in [-0.2, -0.15) is 4.31 Å². The van der Waals surface area contributed by atoms with E-state index in [4.69, 9.17) is 4.74 Å². The molecule has 3 heterocycles. The number of aryl methyl sites for hydroxylation is 3. The van der Waals surface area contributed by atoms with Gasteiger partial charge in [0.25, 0.3) is 0 Å². The number of rotatable bonds is 7. The van der Waals surface area contributed by atoms with Gasteiger partial charge in [-0.25, -0.2) is 18.1 Å². The lowest BCUT2D eigenvalue weighted by Gasteiger charge is -2.26. The van der Waals surface area contributed by atoms with Gasteiger partial charge in [0, 0.05) is 32.3 Å². The summed E-state index contributed by atoms with van der Waals surface area (Å²) >= 11 is 0. The number of anilines is 1. The predicted octanol–water partition coefficient (Wildman–Crippen LogP) is 3.34. The van der Waals surface area contributed by atoms with E-state index >= 15 is 0 Å². The Morgan fingerprint density at radius 3 is 2.56 bits per heavy atom. The first-order valence-electron chi connectivity index (χ1n) is 11.5. The zero-order chi connectivity index (χ0) is 24.5. The number of methoxy groups -OCH3 is 1. The summed E-state index contributed by atoms with van der Waals surface area (Å²) in [6, 6.07) is 6.60. The van der Waals surface area contributed by atoms with Gasteiger partial charge in [0.1, 0.15) is 4.90 Å². The zero-order valence-electron chi connectivity index (χ0n) is 20.1. The molecule has 0 unspecified atom stereocenters. The molecule has 182 valence electrons. The highest BCUT2D eigenvalue weighted by atomic mass is 32.2. The molecule has 34 heavy (non-hydrogen) atoms. The number of hydrogen-bond donors (Lipinski definition) is 1. The second kappa shape index (κ2) is 9.71. The van der Waals surface area contributed by atoms with Gasteiger partial charge < -0.3 is 10.1 Å². The minimum absolute atomic E-state index is 0.140. The lowest BCUT2D eigenvalue weighted by molar-refractivity contribution is -0.116. The highest BCUT2D eigenvalue weighted by molar-refractivity contribution is 7.89. The summed E-state index contributed by atoms with van der Waals surface area (Å²) in [6.45, 7) is 4.92. The van der Waals surface area contributed by atoms with Crippen LogP contribution in [0.15, 0.2) is 29.2 Å². The second-order valence-electron chi connectivity index (χ2n) is 8.64. The van der Waals surface area contributed by atoms with Crippen LogP contribution < -0.4 is 10.1 Å². The van der Waals surface area contributed by atoms with Gasteiger partial charge in [0.15, 0.2) is 5.65 Å². The van der Waals surface area contributed by atoms with E-state index in [1.165, 1.54) is 4.31 Å². The SMILES string of the molecule is COc1nn(C)c2nc(C)c(CCC(=O)Nc3ccccc3S(=O)(=O)N3CCCCC3)c(C)c12. The normalized spacial score (nSPS) is 14.9. The number of pyridine rings is 1. The summed E-state index contributed by atoms with van der Waals surface area (Å²) in [5.74, 6) is 0.253. The van der Waals surface area contributed by atoms with Crippen molar-refractivity contribution < 1.29 is 17.9 Å². The van der Waals surface area contributed by atoms with Gasteiger partial charge in [-0.15, -0.1) is 5.10 Å². The van der Waals surface area contributed by atoms with Crippen LogP contribution in [0.5, 0.6) is 5.88 Å². The van der Waals surface area contributed by atoms with Gasteiger partial charge in [-0.05, 0) is 56.4 Å². The van der Waals surface area contributed by atoms with Crippen molar-refractivity contribution in [3.8, 4) is 5.88 Å². The molecular formula is C24H31N5O4S. The quantitative estimate of drug-likeness (QED) is 0.550. The number of aromatic nitrogens is 3. The Morgan fingerprint density at radius 1 is 1.15 bits per heavy atom. The van der Waals surface area contributed by atoms with E-state index in [9.17, 15) is 13.2 Å². The predicted molar refractivity (Wildman–Crippen MR) is 131 cm³/mol. The third-order valence-corrected chi connectivity index (χ3v) is 8.37. The Morgan fingerprint density at radius 2 is 1.85 bits per heavy atom. The molecule has 1 N–H and O–H groups in total. The largest absolute Gasteiger partial charge is 0.479 e. The maximum absolute atomic E-state index is 13.2. The fourth-order valence-electron chi connectivity index (χ4n) is 4.60. The number of ether oxygens (including phenoxy) is 1. The number of carbonyl (C=O) groups is 1. The summed E-state index contributed by atoms with van der Waals surface area (Å²) in [6.07, 6.45) is 3.40. The number of fused-ring (bicyclic) bond motifs is 1. The second-order valence-corrected chi connectivity index (χ2v) is 10.5. The number of carbonyl (C=O) groups excluding carboxylic acids is 1. The molecular weight excluding hydrogens is 454 g/mol. The number of amides is 1. The van der Waals surface area contributed by atoms with Crippen molar-refractivity contribution in [3.63, 3.8) is 0 Å². The number of sulfonamides is 1. The van der Waals surface area contributed by atoms with Crippen LogP contribution in [0.4, 0.5) is 5.69 Å². The summed E-state index contributed by atoms with van der Waals surface area (Å²) in [4.78, 5) is 17.7. The van der Waals surface area contributed by atoms with Gasteiger partial charge in [-0.3, -0.25) is 4.79 Å². The van der Waals surface area contributed by atoms with Crippen molar-refractivity contribution in [2.45, 2.75) is 50.8 Å². The molecule has 4 rings (SSSR count). The van der Waals surface area contributed by atoms with Crippen LogP contribution in [0.2, 0.25) is 0 Å². The maximum Gasteiger partial charge on any atom is 0.245 e. The Bertz CT molecular complexity index is 1330. The molecule has 1 fully saturated rings. The van der Waals surface area contributed by atoms with E-state index < -0.39 is 10.0 Å². The van der Waals surface area contributed by atoms with Crippen LogP contribution in [-0.4, -0.2) is 53.6 Å². The third kappa shape index (κ3) is 4.52. The number of hydrogen-bond acceptors (Lipinski definition) is 6. The molecule has 0 radical (unpaired) electrons. The summed E-state index contributed by atoms with van der Waals surface area (Å²) in [7, 11) is -0.271. The van der Waals surface area contributed by atoms with Gasteiger partial charge in [-0.1, -0.05) is 18.6 Å². The van der Waals surface area contributed by atoms with Crippen LogP contribution >= 0.6 is 0 Å². The van der Waals surface area contributed by atoms with Crippen molar-refractivity contribution in [1.82, 2.24) is 19.1 Å². The first-order chi connectivity index (χ1) is 16.2. The highest BCUT2D eigenvalue weighted by Crippen LogP contribution is 2.31. The van der Waals surface area contributed by atoms with E-state index in [0.29, 0.717) is 31.1 Å². The summed E-state index contributed by atoms with van der Waals surface area (Å²) in [5.41, 5.74) is 3.82. The molecule has 0 atom stereocenters. The highest BCUT2D eigenvalue weighted by Gasteiger charge is 2.28. The molecule has 1 saturated heterocycles. The molecule has 3 aromatic rings. The maximum atomic E-state index is 13.2. The summed E-state index contributed by atoms with van der Waals surface area (Å²) in [5, 5.41) is 8.02. The first-order valence-corrected chi connectivity index (χ1v) is 12.9. The number of nitrogens with one attached hydrogen (secondary N) is 1. The van der Waals surface area contributed by atoms with Crippen LogP contribution in [0.3, 0.4) is 0 Å². The van der Waals surface area contributed by atoms with Crippen LogP contribution in [0.25, 0.3) is 11.0 Å². The molecule has 0 bridgehead atoms. The van der Waals surface area contributed by atoms with Gasteiger partial charge in [0.05, 0.1) is 18.2 Å². The standard InChI is InChI=1S/C24H31N5O4S/c1-16-18(17(2)25-23-22(16)24(33-4)27-28(23)3)12-13-21(30)26-19-10-6-7-11-20(19)34(31,32)29-14-8-5-9-15-29/h6-7,10-11H,5,8-9,12-15H2,1-4H3,(H,26,30). The minimum Gasteiger partial charge on any atom is -0.479 e. The topological polar surface area (TPSA) is 106 Å². The van der Waals surface area contributed by atoms with Crippen molar-refractivity contribution in [1.29, 1.82) is 0 Å². The molecule has 2 aromatic heterocycles. The van der Waals surface area contributed by atoms with Gasteiger partial charge in [0.2, 0.25) is 21.8 Å². The molecule has 0 aliphatic carbocycles. The molecule has 1 aliphatic heterocycles. The average molecular weight is 486 g/mol. The van der Waals surface area contributed by atoms with Crippen molar-refractivity contribution >= 4 is 32.7 Å². The number of nitrogens with zero attached hydrogens (tertiary/aromatic N) is 4. The Labute approximate surface area is 200 Å². The van der Waals surface area contributed by atoms with E-state index in [2.05, 4.69) is 15.4 Å². The number of piperidine rings is 1. The zero-order valence-corrected chi connectivity index (χ0v) is 20.9. The first kappa shape index (κ1) is 24.2. The average Bonchev–Trinajstić information content (AvgIpc) is 3.15. The van der Waals surface area contributed by atoms with E-state index in [-0.39, 0.29) is 17.2 Å². The lowest BCUT2D eigenvalue weighted by atomic mass is 10.00. The van der Waals surface area contributed by atoms with Crippen molar-refractivity contribution in [2.75, 3.05) is 25.5 Å². The Hall–Kier alpha value is -2.98. The minimum atomic E-state index is -3.66. The van der Waals surface area contributed by atoms with Crippen molar-refractivity contribution in [3.05, 3.63) is 41.1 Å². The molecule has 0 spiro atoms. The fraction of sp³-hybridized carbons (Fsp3) is 0.458. The molecule has 1 amide bonds. The van der Waals surface area contributed by atoms with E-state index in [0.717, 1.165) is 47.1 Å². The number of benzene rings is 1. The van der Waals surface area contributed by atoms with E-state index in [1.807, 2.05) is 20.9 Å².